The highest BCUT2D eigenvalue weighted by Gasteiger charge is 2.21. The van der Waals surface area contributed by atoms with Gasteiger partial charge in [0.25, 0.3) is 15.9 Å². The predicted octanol–water partition coefficient (Wildman–Crippen LogP) is 4.69. The molecule has 170 valence electrons. The number of aryl methyl sites for hydroxylation is 1. The second kappa shape index (κ2) is 9.21. The van der Waals surface area contributed by atoms with E-state index >= 15 is 0 Å². The number of nitrogens with one attached hydrogen (secondary N) is 1. The van der Waals surface area contributed by atoms with E-state index in [2.05, 4.69) is 9.71 Å². The number of aromatic nitrogens is 1. The van der Waals surface area contributed by atoms with Gasteiger partial charge in [0, 0.05) is 18.3 Å². The molecule has 0 atom stereocenters. The molecule has 0 fully saturated rings. The van der Waals surface area contributed by atoms with E-state index in [4.69, 9.17) is 4.74 Å². The van der Waals surface area contributed by atoms with Gasteiger partial charge in [-0.25, -0.2) is 13.4 Å². The zero-order valence-electron chi connectivity index (χ0n) is 18.4. The van der Waals surface area contributed by atoms with Gasteiger partial charge in [-0.05, 0) is 61.0 Å². The van der Waals surface area contributed by atoms with Gasteiger partial charge in [-0.3, -0.25) is 9.52 Å². The topological polar surface area (TPSA) is 88.6 Å². The Kier molecular flexibility index (Phi) is 6.35. The molecule has 4 aromatic rings. The molecule has 33 heavy (non-hydrogen) atoms. The van der Waals surface area contributed by atoms with Gasteiger partial charge in [0.15, 0.2) is 0 Å². The molecule has 1 heterocycles. The van der Waals surface area contributed by atoms with Gasteiger partial charge < -0.3 is 9.64 Å². The maximum atomic E-state index is 13.2. The molecule has 0 bridgehead atoms. The first kappa shape index (κ1) is 22.8. The maximum Gasteiger partial charge on any atom is 0.261 e. The van der Waals surface area contributed by atoms with E-state index < -0.39 is 10.0 Å². The second-order valence-electron chi connectivity index (χ2n) is 7.55. The molecule has 1 amide bonds. The Hall–Kier alpha value is -3.43. The lowest BCUT2D eigenvalue weighted by Gasteiger charge is -2.18. The lowest BCUT2D eigenvalue weighted by Crippen LogP contribution is -2.27. The Bertz CT molecular complexity index is 1380. The minimum atomic E-state index is -3.88. The summed E-state index contributed by atoms with van der Waals surface area (Å²) in [6, 6.07) is 18.9. The number of fused-ring (bicyclic) bond motifs is 1. The number of rotatable bonds is 7. The van der Waals surface area contributed by atoms with Crippen molar-refractivity contribution in [3.8, 4) is 5.75 Å². The average Bonchev–Trinajstić information content (AvgIpc) is 3.21. The molecule has 9 heteroatoms. The number of thiazole rings is 1. The van der Waals surface area contributed by atoms with Crippen molar-refractivity contribution in [2.24, 2.45) is 0 Å². The third-order valence-corrected chi connectivity index (χ3v) is 7.55. The van der Waals surface area contributed by atoms with E-state index in [9.17, 15) is 13.2 Å². The van der Waals surface area contributed by atoms with Crippen molar-refractivity contribution in [2.45, 2.75) is 18.4 Å². The molecule has 7 nitrogen and oxygen atoms in total. The summed E-state index contributed by atoms with van der Waals surface area (Å²) in [5.41, 5.74) is 2.32. The van der Waals surface area contributed by atoms with Crippen LogP contribution in [0.1, 0.15) is 20.9 Å². The third kappa shape index (κ3) is 4.99. The Morgan fingerprint density at radius 1 is 1.09 bits per heavy atom. The van der Waals surface area contributed by atoms with Crippen LogP contribution in [0.5, 0.6) is 5.75 Å². The molecule has 1 aromatic heterocycles. The summed E-state index contributed by atoms with van der Waals surface area (Å²) in [6.07, 6.45) is 0. The molecule has 0 saturated carbocycles. The van der Waals surface area contributed by atoms with Gasteiger partial charge in [0.2, 0.25) is 0 Å². The van der Waals surface area contributed by atoms with Crippen LogP contribution in [-0.2, 0) is 16.6 Å². The lowest BCUT2D eigenvalue weighted by atomic mass is 10.1. The zero-order valence-corrected chi connectivity index (χ0v) is 20.0. The van der Waals surface area contributed by atoms with Crippen LogP contribution in [-0.4, -0.2) is 38.4 Å². The molecule has 0 aliphatic heterocycles. The van der Waals surface area contributed by atoms with Crippen LogP contribution in [0.4, 0.5) is 5.69 Å². The molecule has 0 saturated heterocycles. The lowest BCUT2D eigenvalue weighted by molar-refractivity contribution is 0.0784. The monoisotopic (exact) mass is 481 g/mol. The first-order valence-corrected chi connectivity index (χ1v) is 12.4. The minimum Gasteiger partial charge on any atom is -0.497 e. The summed E-state index contributed by atoms with van der Waals surface area (Å²) in [5.74, 6) is 0.352. The fourth-order valence-electron chi connectivity index (χ4n) is 3.34. The molecule has 0 aliphatic rings. The normalized spacial score (nSPS) is 11.4. The molecule has 3 aromatic carbocycles. The highest BCUT2D eigenvalue weighted by Crippen LogP contribution is 2.25. The Balaban J connectivity index is 1.55. The highest BCUT2D eigenvalue weighted by molar-refractivity contribution is 7.92. The number of para-hydroxylation sites is 1. The summed E-state index contributed by atoms with van der Waals surface area (Å²) in [5, 5.41) is 0.814. The molecule has 4 rings (SSSR count). The summed E-state index contributed by atoms with van der Waals surface area (Å²) >= 11 is 1.53. The van der Waals surface area contributed by atoms with E-state index in [0.717, 1.165) is 15.2 Å². The first-order valence-electron chi connectivity index (χ1n) is 10.1. The molecule has 0 radical (unpaired) electrons. The number of carbonyl (C=O) groups is 1. The summed E-state index contributed by atoms with van der Waals surface area (Å²) in [4.78, 5) is 19.3. The van der Waals surface area contributed by atoms with Crippen LogP contribution >= 0.6 is 11.3 Å². The molecular weight excluding hydrogens is 458 g/mol. The molecule has 0 aliphatic carbocycles. The number of nitrogens with zero attached hydrogens (tertiary/aromatic N) is 2. The molecular formula is C24H23N3O4S2. The van der Waals surface area contributed by atoms with Crippen LogP contribution in [0.3, 0.4) is 0 Å². The van der Waals surface area contributed by atoms with Crippen molar-refractivity contribution in [2.75, 3.05) is 18.9 Å². The van der Waals surface area contributed by atoms with E-state index in [1.165, 1.54) is 30.6 Å². The van der Waals surface area contributed by atoms with Crippen LogP contribution in [0.15, 0.2) is 71.6 Å². The van der Waals surface area contributed by atoms with Gasteiger partial charge in [0.1, 0.15) is 10.8 Å². The summed E-state index contributed by atoms with van der Waals surface area (Å²) in [7, 11) is -0.655. The SMILES string of the molecule is COc1ccc(NS(=O)(=O)c2ccc(C)c(C(=O)N(C)Cc3nc4ccccc4s3)c2)cc1. The van der Waals surface area contributed by atoms with Crippen LogP contribution in [0, 0.1) is 6.92 Å². The zero-order chi connectivity index (χ0) is 23.6. The van der Waals surface area contributed by atoms with Crippen molar-refractivity contribution in [3.63, 3.8) is 0 Å². The first-order chi connectivity index (χ1) is 15.8. The van der Waals surface area contributed by atoms with E-state index in [-0.39, 0.29) is 10.8 Å². The highest BCUT2D eigenvalue weighted by atomic mass is 32.2. The number of methoxy groups -OCH3 is 1. The van der Waals surface area contributed by atoms with E-state index in [1.807, 2.05) is 24.3 Å². The van der Waals surface area contributed by atoms with Crippen molar-refractivity contribution in [1.82, 2.24) is 9.88 Å². The summed E-state index contributed by atoms with van der Waals surface area (Å²) < 4.78 is 34.5. The fraction of sp³-hybridized carbons (Fsp3) is 0.167. The standard InChI is InChI=1S/C24H23N3O4S2/c1-16-8-13-19(33(29,30)26-17-9-11-18(31-3)12-10-17)14-20(16)24(28)27(2)15-23-25-21-6-4-5-7-22(21)32-23/h4-14,26H,15H2,1-3H3. The predicted molar refractivity (Wildman–Crippen MR) is 130 cm³/mol. The second-order valence-corrected chi connectivity index (χ2v) is 10.3. The van der Waals surface area contributed by atoms with Crippen LogP contribution < -0.4 is 9.46 Å². The number of benzene rings is 3. The van der Waals surface area contributed by atoms with E-state index in [1.54, 1.807) is 49.2 Å². The number of carbonyl (C=O) groups excluding carboxylic acids is 1. The van der Waals surface area contributed by atoms with E-state index in [0.29, 0.717) is 29.1 Å². The van der Waals surface area contributed by atoms with Gasteiger partial charge in [-0.15, -0.1) is 11.3 Å². The van der Waals surface area contributed by atoms with Crippen molar-refractivity contribution in [3.05, 3.63) is 82.9 Å². The Labute approximate surface area is 196 Å². The van der Waals surface area contributed by atoms with Gasteiger partial charge in [-0.2, -0.15) is 0 Å². The van der Waals surface area contributed by atoms with Crippen molar-refractivity contribution in [1.29, 1.82) is 0 Å². The Morgan fingerprint density at radius 2 is 1.82 bits per heavy atom. The van der Waals surface area contributed by atoms with Crippen LogP contribution in [0.2, 0.25) is 0 Å². The Morgan fingerprint density at radius 3 is 2.52 bits per heavy atom. The number of anilines is 1. The fourth-order valence-corrected chi connectivity index (χ4v) is 5.45. The van der Waals surface area contributed by atoms with Crippen LogP contribution in [0.25, 0.3) is 10.2 Å². The van der Waals surface area contributed by atoms with Gasteiger partial charge in [-0.1, -0.05) is 18.2 Å². The number of sulfonamides is 1. The van der Waals surface area contributed by atoms with Crippen molar-refractivity contribution >= 4 is 43.2 Å². The average molecular weight is 482 g/mol. The number of ether oxygens (including phenoxy) is 1. The molecule has 0 unspecified atom stereocenters. The van der Waals surface area contributed by atoms with Gasteiger partial charge in [0.05, 0.1) is 28.8 Å². The molecule has 1 N–H and O–H groups in total. The number of amides is 1. The number of hydrogen-bond donors (Lipinski definition) is 1. The number of hydrogen-bond acceptors (Lipinski definition) is 6. The van der Waals surface area contributed by atoms with Gasteiger partial charge >= 0.3 is 0 Å². The third-order valence-electron chi connectivity index (χ3n) is 5.15. The largest absolute Gasteiger partial charge is 0.497 e. The molecule has 0 spiro atoms. The maximum absolute atomic E-state index is 13.2. The minimum absolute atomic E-state index is 0.0145. The summed E-state index contributed by atoms with van der Waals surface area (Å²) in [6.45, 7) is 2.12. The van der Waals surface area contributed by atoms with Crippen molar-refractivity contribution < 1.29 is 17.9 Å². The quantitative estimate of drug-likeness (QED) is 0.414. The smallest absolute Gasteiger partial charge is 0.261 e.